The monoisotopic (exact) mass is 260 g/mol. The summed E-state index contributed by atoms with van der Waals surface area (Å²) in [6, 6.07) is 8.98. The molecule has 0 spiro atoms. The quantitative estimate of drug-likeness (QED) is 0.774. The minimum absolute atomic E-state index is 0.918. The lowest BCUT2D eigenvalue weighted by molar-refractivity contribution is 0.185. The molecule has 2 rings (SSSR count). The molecule has 0 saturated carbocycles. The van der Waals surface area contributed by atoms with Gasteiger partial charge in [0.1, 0.15) is 0 Å². The van der Waals surface area contributed by atoms with Crippen molar-refractivity contribution >= 4 is 5.69 Å². The Morgan fingerprint density at radius 1 is 1.16 bits per heavy atom. The topological polar surface area (TPSA) is 15.3 Å². The van der Waals surface area contributed by atoms with Gasteiger partial charge in [-0.1, -0.05) is 32.4 Å². The zero-order chi connectivity index (χ0) is 13.5. The number of hydrogen-bond donors (Lipinski definition) is 1. The highest BCUT2D eigenvalue weighted by atomic mass is 15.1. The maximum atomic E-state index is 3.47. The van der Waals surface area contributed by atoms with Crippen LogP contribution in [0.1, 0.15) is 45.1 Å². The molecule has 106 valence electrons. The van der Waals surface area contributed by atoms with Crippen molar-refractivity contribution in [1.82, 2.24) is 4.90 Å². The van der Waals surface area contributed by atoms with Crippen LogP contribution in [0.2, 0.25) is 0 Å². The predicted molar refractivity (Wildman–Crippen MR) is 83.5 cm³/mol. The average Bonchev–Trinajstić information content (AvgIpc) is 2.44. The average molecular weight is 260 g/mol. The summed E-state index contributed by atoms with van der Waals surface area (Å²) in [4.78, 5) is 2.58. The third-order valence-electron chi connectivity index (χ3n) is 4.10. The first kappa shape index (κ1) is 14.4. The van der Waals surface area contributed by atoms with Crippen molar-refractivity contribution in [3.63, 3.8) is 0 Å². The standard InChI is InChI=1S/C17H28N2/c1-3-4-11-18-17-7-5-16(6-8-17)14-19-12-9-15(2)10-13-19/h5-8,15,18H,3-4,9-14H2,1-2H3. The van der Waals surface area contributed by atoms with Gasteiger partial charge in [0.2, 0.25) is 0 Å². The van der Waals surface area contributed by atoms with Crippen molar-refractivity contribution in [1.29, 1.82) is 0 Å². The molecule has 0 radical (unpaired) electrons. The minimum atomic E-state index is 0.918. The molecule has 1 fully saturated rings. The maximum absolute atomic E-state index is 3.47. The van der Waals surface area contributed by atoms with E-state index in [2.05, 4.69) is 48.3 Å². The van der Waals surface area contributed by atoms with Gasteiger partial charge in [-0.05, 0) is 56.0 Å². The molecule has 0 aliphatic carbocycles. The SMILES string of the molecule is CCCCNc1ccc(CN2CCC(C)CC2)cc1. The summed E-state index contributed by atoms with van der Waals surface area (Å²) in [5, 5.41) is 3.47. The molecule has 1 aliphatic heterocycles. The van der Waals surface area contributed by atoms with E-state index in [1.165, 1.54) is 50.0 Å². The molecule has 1 aliphatic rings. The Morgan fingerprint density at radius 3 is 2.47 bits per heavy atom. The zero-order valence-electron chi connectivity index (χ0n) is 12.5. The van der Waals surface area contributed by atoms with E-state index >= 15 is 0 Å². The third-order valence-corrected chi connectivity index (χ3v) is 4.10. The van der Waals surface area contributed by atoms with Crippen molar-refractivity contribution in [2.24, 2.45) is 5.92 Å². The van der Waals surface area contributed by atoms with Gasteiger partial charge in [0, 0.05) is 18.8 Å². The summed E-state index contributed by atoms with van der Waals surface area (Å²) >= 11 is 0. The first-order chi connectivity index (χ1) is 9.28. The Labute approximate surface area is 118 Å². The Bertz CT molecular complexity index is 350. The van der Waals surface area contributed by atoms with Gasteiger partial charge >= 0.3 is 0 Å². The van der Waals surface area contributed by atoms with Crippen LogP contribution in [-0.2, 0) is 6.54 Å². The number of rotatable bonds is 6. The van der Waals surface area contributed by atoms with E-state index in [0.29, 0.717) is 0 Å². The van der Waals surface area contributed by atoms with Gasteiger partial charge in [-0.3, -0.25) is 4.90 Å². The smallest absolute Gasteiger partial charge is 0.0340 e. The third kappa shape index (κ3) is 4.87. The molecule has 1 aromatic carbocycles. The number of benzene rings is 1. The van der Waals surface area contributed by atoms with Crippen LogP contribution < -0.4 is 5.32 Å². The van der Waals surface area contributed by atoms with Crippen LogP contribution in [0.15, 0.2) is 24.3 Å². The summed E-state index contributed by atoms with van der Waals surface area (Å²) in [5.41, 5.74) is 2.69. The number of nitrogens with zero attached hydrogens (tertiary/aromatic N) is 1. The van der Waals surface area contributed by atoms with E-state index in [9.17, 15) is 0 Å². The number of unbranched alkanes of at least 4 members (excludes halogenated alkanes) is 1. The van der Waals surface area contributed by atoms with Crippen LogP contribution in [0.5, 0.6) is 0 Å². The van der Waals surface area contributed by atoms with E-state index in [1.807, 2.05) is 0 Å². The Balaban J connectivity index is 1.78. The Kier molecular flexibility index (Phi) is 5.71. The van der Waals surface area contributed by atoms with Gasteiger partial charge < -0.3 is 5.32 Å². The lowest BCUT2D eigenvalue weighted by atomic mass is 9.99. The molecule has 2 nitrogen and oxygen atoms in total. The molecule has 19 heavy (non-hydrogen) atoms. The van der Waals surface area contributed by atoms with Crippen molar-refractivity contribution in [2.45, 2.75) is 46.1 Å². The molecule has 0 amide bonds. The van der Waals surface area contributed by atoms with Crippen LogP contribution >= 0.6 is 0 Å². The van der Waals surface area contributed by atoms with E-state index < -0.39 is 0 Å². The molecule has 0 unspecified atom stereocenters. The highest BCUT2D eigenvalue weighted by Crippen LogP contribution is 2.19. The first-order valence-electron chi connectivity index (χ1n) is 7.83. The minimum Gasteiger partial charge on any atom is -0.385 e. The van der Waals surface area contributed by atoms with Crippen LogP contribution in [0.3, 0.4) is 0 Å². The van der Waals surface area contributed by atoms with E-state index in [0.717, 1.165) is 19.0 Å². The van der Waals surface area contributed by atoms with Crippen molar-refractivity contribution in [2.75, 3.05) is 25.0 Å². The van der Waals surface area contributed by atoms with Crippen LogP contribution in [-0.4, -0.2) is 24.5 Å². The molecule has 1 saturated heterocycles. The van der Waals surface area contributed by atoms with Crippen molar-refractivity contribution in [3.05, 3.63) is 29.8 Å². The van der Waals surface area contributed by atoms with Crippen LogP contribution in [0, 0.1) is 5.92 Å². The van der Waals surface area contributed by atoms with Gasteiger partial charge in [-0.25, -0.2) is 0 Å². The van der Waals surface area contributed by atoms with E-state index in [1.54, 1.807) is 0 Å². The highest BCUT2D eigenvalue weighted by molar-refractivity contribution is 5.44. The number of piperidine rings is 1. The van der Waals surface area contributed by atoms with Crippen molar-refractivity contribution in [3.8, 4) is 0 Å². The molecule has 2 heteroatoms. The van der Waals surface area contributed by atoms with E-state index in [4.69, 9.17) is 0 Å². The van der Waals surface area contributed by atoms with Gasteiger partial charge in [-0.2, -0.15) is 0 Å². The van der Waals surface area contributed by atoms with Gasteiger partial charge in [0.05, 0.1) is 0 Å². The van der Waals surface area contributed by atoms with Crippen LogP contribution in [0.4, 0.5) is 5.69 Å². The summed E-state index contributed by atoms with van der Waals surface area (Å²) in [6.45, 7) is 9.31. The fraction of sp³-hybridized carbons (Fsp3) is 0.647. The fourth-order valence-corrected chi connectivity index (χ4v) is 2.62. The molecular weight excluding hydrogens is 232 g/mol. The number of nitrogens with one attached hydrogen (secondary N) is 1. The summed E-state index contributed by atoms with van der Waals surface area (Å²) in [7, 11) is 0. The number of likely N-dealkylation sites (tertiary alicyclic amines) is 1. The number of anilines is 1. The Morgan fingerprint density at radius 2 is 1.84 bits per heavy atom. The molecule has 0 aromatic heterocycles. The highest BCUT2D eigenvalue weighted by Gasteiger charge is 2.15. The van der Waals surface area contributed by atoms with Gasteiger partial charge in [0.15, 0.2) is 0 Å². The van der Waals surface area contributed by atoms with Gasteiger partial charge in [-0.15, -0.1) is 0 Å². The normalized spacial score (nSPS) is 17.6. The summed E-state index contributed by atoms with van der Waals surface area (Å²) in [5.74, 6) is 0.918. The second-order valence-corrected chi connectivity index (χ2v) is 5.94. The Hall–Kier alpha value is -1.02. The fourth-order valence-electron chi connectivity index (χ4n) is 2.62. The molecular formula is C17H28N2. The maximum Gasteiger partial charge on any atom is 0.0340 e. The predicted octanol–water partition coefficient (Wildman–Crippen LogP) is 4.13. The lowest BCUT2D eigenvalue weighted by Gasteiger charge is -2.30. The molecule has 1 aromatic rings. The molecule has 1 N–H and O–H groups in total. The lowest BCUT2D eigenvalue weighted by Crippen LogP contribution is -2.32. The van der Waals surface area contributed by atoms with Crippen molar-refractivity contribution < 1.29 is 0 Å². The van der Waals surface area contributed by atoms with E-state index in [-0.39, 0.29) is 0 Å². The second kappa shape index (κ2) is 7.54. The van der Waals surface area contributed by atoms with Crippen LogP contribution in [0.25, 0.3) is 0 Å². The molecule has 1 heterocycles. The summed E-state index contributed by atoms with van der Waals surface area (Å²) in [6.07, 6.45) is 5.21. The first-order valence-corrected chi connectivity index (χ1v) is 7.83. The largest absolute Gasteiger partial charge is 0.385 e. The second-order valence-electron chi connectivity index (χ2n) is 5.94. The summed E-state index contributed by atoms with van der Waals surface area (Å²) < 4.78 is 0. The molecule has 0 atom stereocenters. The number of hydrogen-bond acceptors (Lipinski definition) is 2. The molecule has 0 bridgehead atoms. The van der Waals surface area contributed by atoms with Gasteiger partial charge in [0.25, 0.3) is 0 Å². The zero-order valence-corrected chi connectivity index (χ0v) is 12.5.